The number of thiocarbonyl (C=S) groups is 1. The van der Waals surface area contributed by atoms with Gasteiger partial charge in [0, 0.05) is 31.5 Å². The molecule has 0 radical (unpaired) electrons. The summed E-state index contributed by atoms with van der Waals surface area (Å²) < 4.78 is 5.72. The molecule has 2 unspecified atom stereocenters. The van der Waals surface area contributed by atoms with E-state index in [1.165, 1.54) is 0 Å². The molecular formula is C27H38N4O3S. The van der Waals surface area contributed by atoms with Crippen molar-refractivity contribution in [1.82, 2.24) is 15.6 Å². The molecule has 0 aliphatic heterocycles. The first-order valence-electron chi connectivity index (χ1n) is 12.2. The number of pyridine rings is 1. The van der Waals surface area contributed by atoms with Crippen LogP contribution in [0.5, 0.6) is 5.75 Å². The molecule has 1 heterocycles. The molecule has 0 spiro atoms. The zero-order chi connectivity index (χ0) is 25.3. The van der Waals surface area contributed by atoms with Gasteiger partial charge in [-0.25, -0.2) is 0 Å². The lowest BCUT2D eigenvalue weighted by atomic mass is 9.68. The highest BCUT2D eigenvalue weighted by molar-refractivity contribution is 7.80. The van der Waals surface area contributed by atoms with E-state index in [2.05, 4.69) is 47.6 Å². The molecule has 1 saturated carbocycles. The van der Waals surface area contributed by atoms with Crippen LogP contribution in [0.4, 0.5) is 0 Å². The molecule has 190 valence electrons. The second kappa shape index (κ2) is 12.4. The topological polar surface area (TPSA) is 88.0 Å². The zero-order valence-corrected chi connectivity index (χ0v) is 22.0. The number of aliphatic hydroxyl groups excluding tert-OH is 1. The van der Waals surface area contributed by atoms with Gasteiger partial charge in [-0.2, -0.15) is 0 Å². The van der Waals surface area contributed by atoms with Crippen LogP contribution in [-0.4, -0.2) is 52.6 Å². The Morgan fingerprint density at radius 1 is 1.23 bits per heavy atom. The summed E-state index contributed by atoms with van der Waals surface area (Å²) in [5, 5.41) is 21.2. The third-order valence-corrected chi connectivity index (χ3v) is 6.67. The van der Waals surface area contributed by atoms with Crippen molar-refractivity contribution in [3.63, 3.8) is 0 Å². The number of nitrogens with zero attached hydrogens (tertiary/aromatic N) is 2. The van der Waals surface area contributed by atoms with Crippen molar-refractivity contribution in [2.75, 3.05) is 20.2 Å². The molecule has 3 rings (SSSR count). The van der Waals surface area contributed by atoms with Gasteiger partial charge in [0.25, 0.3) is 0 Å². The van der Waals surface area contributed by atoms with Crippen molar-refractivity contribution in [2.45, 2.75) is 70.1 Å². The van der Waals surface area contributed by atoms with Crippen molar-refractivity contribution < 1.29 is 14.7 Å². The summed E-state index contributed by atoms with van der Waals surface area (Å²) in [7, 11) is 1.86. The summed E-state index contributed by atoms with van der Waals surface area (Å²) in [6.45, 7) is 7.25. The molecule has 1 fully saturated rings. The van der Waals surface area contributed by atoms with E-state index < -0.39 is 11.5 Å². The Kier molecular flexibility index (Phi) is 9.60. The Bertz CT molecular complexity index is 976. The van der Waals surface area contributed by atoms with Gasteiger partial charge in [-0.3, -0.25) is 4.98 Å². The number of aromatic nitrogens is 1. The van der Waals surface area contributed by atoms with E-state index >= 15 is 0 Å². The van der Waals surface area contributed by atoms with Gasteiger partial charge in [-0.05, 0) is 69.4 Å². The van der Waals surface area contributed by atoms with Gasteiger partial charge < -0.3 is 25.3 Å². The fraction of sp³-hybridized carbons (Fsp3) is 0.519. The van der Waals surface area contributed by atoms with Crippen molar-refractivity contribution >= 4 is 22.9 Å². The van der Waals surface area contributed by atoms with Crippen LogP contribution in [0, 0.1) is 0 Å². The van der Waals surface area contributed by atoms with Gasteiger partial charge in [0.05, 0.1) is 16.1 Å². The number of β-amino-alcohol motifs (C(OH)–C–C–N with tert-alkyl or cyclic N) is 1. The predicted molar refractivity (Wildman–Crippen MR) is 144 cm³/mol. The minimum absolute atomic E-state index is 0.0425. The van der Waals surface area contributed by atoms with Crippen LogP contribution in [-0.2, 0) is 16.9 Å². The number of benzene rings is 1. The van der Waals surface area contributed by atoms with Crippen LogP contribution < -0.4 is 15.4 Å². The maximum atomic E-state index is 10.1. The normalized spacial score (nSPS) is 20.3. The summed E-state index contributed by atoms with van der Waals surface area (Å²) >= 11 is 5.77. The van der Waals surface area contributed by atoms with Crippen LogP contribution >= 0.6 is 12.2 Å². The lowest BCUT2D eigenvalue weighted by Gasteiger charge is -2.38. The highest BCUT2D eigenvalue weighted by atomic mass is 32.1. The van der Waals surface area contributed by atoms with E-state index in [9.17, 15) is 5.11 Å². The third-order valence-electron chi connectivity index (χ3n) is 6.12. The number of hydrogen-bond donors (Lipinski definition) is 3. The van der Waals surface area contributed by atoms with Crippen molar-refractivity contribution in [1.29, 1.82) is 0 Å². The average Bonchev–Trinajstić information content (AvgIpc) is 2.87. The monoisotopic (exact) mass is 498 g/mol. The summed E-state index contributed by atoms with van der Waals surface area (Å²) in [6, 6.07) is 11.7. The number of nitrogens with one attached hydrogen (secondary N) is 2. The molecule has 1 aliphatic rings. The largest absolute Gasteiger partial charge is 0.491 e. The second-order valence-corrected chi connectivity index (χ2v) is 10.4. The lowest BCUT2D eigenvalue weighted by molar-refractivity contribution is 0.0999. The minimum atomic E-state index is -0.577. The van der Waals surface area contributed by atoms with Crippen LogP contribution in [0.15, 0.2) is 53.9 Å². The number of oxime groups is 1. The standard InChI is InChI=1S/C27H38N4O3S/c1-26(2,3)30-17-22(32)19-33-23-12-10-20(11-13-23)18-34-31-24-9-5-6-14-27(24,25(35)28-4)21-8-7-15-29-16-21/h7-8,10-13,15-16,22,30,32H,5-6,9,14,17-19H2,1-4H3,(H,28,35). The van der Waals surface area contributed by atoms with E-state index in [1.807, 2.05) is 43.6 Å². The molecule has 7 nitrogen and oxygen atoms in total. The summed E-state index contributed by atoms with van der Waals surface area (Å²) in [4.78, 5) is 10.9. The first-order valence-corrected chi connectivity index (χ1v) is 12.6. The zero-order valence-electron chi connectivity index (χ0n) is 21.2. The lowest BCUT2D eigenvalue weighted by Crippen LogP contribution is -2.50. The molecular weight excluding hydrogens is 460 g/mol. The number of aliphatic hydroxyl groups is 1. The molecule has 2 atom stereocenters. The molecule has 2 aromatic rings. The number of ether oxygens (including phenoxy) is 1. The highest BCUT2D eigenvalue weighted by Crippen LogP contribution is 2.38. The number of rotatable bonds is 10. The second-order valence-electron chi connectivity index (χ2n) is 9.98. The van der Waals surface area contributed by atoms with Gasteiger partial charge in [-0.15, -0.1) is 0 Å². The van der Waals surface area contributed by atoms with Gasteiger partial charge in [0.1, 0.15) is 25.1 Å². The van der Waals surface area contributed by atoms with Gasteiger partial charge in [0.15, 0.2) is 0 Å². The maximum Gasteiger partial charge on any atom is 0.142 e. The van der Waals surface area contributed by atoms with Crippen LogP contribution in [0.1, 0.15) is 57.6 Å². The van der Waals surface area contributed by atoms with Gasteiger partial charge in [-0.1, -0.05) is 42.0 Å². The molecule has 3 N–H and O–H groups in total. The molecule has 8 heteroatoms. The summed E-state index contributed by atoms with van der Waals surface area (Å²) in [5.74, 6) is 0.706. The Morgan fingerprint density at radius 3 is 2.66 bits per heavy atom. The van der Waals surface area contributed by atoms with Crippen LogP contribution in [0.3, 0.4) is 0 Å². The Morgan fingerprint density at radius 2 is 2.00 bits per heavy atom. The Hall–Kier alpha value is -2.55. The quantitative estimate of drug-likeness (QED) is 0.335. The Balaban J connectivity index is 1.61. The first-order chi connectivity index (χ1) is 16.7. The van der Waals surface area contributed by atoms with Crippen molar-refractivity contribution in [3.8, 4) is 5.75 Å². The van der Waals surface area contributed by atoms with Crippen LogP contribution in [0.25, 0.3) is 0 Å². The van der Waals surface area contributed by atoms with Gasteiger partial charge >= 0.3 is 0 Å². The van der Waals surface area contributed by atoms with Crippen molar-refractivity contribution in [3.05, 3.63) is 59.9 Å². The minimum Gasteiger partial charge on any atom is -0.491 e. The molecule has 1 aromatic carbocycles. The fourth-order valence-corrected chi connectivity index (χ4v) is 4.56. The summed E-state index contributed by atoms with van der Waals surface area (Å²) in [6.07, 6.45) is 6.90. The highest BCUT2D eigenvalue weighted by Gasteiger charge is 2.44. The first kappa shape index (κ1) is 27.0. The number of likely N-dealkylation sites (N-methyl/N-ethyl adjacent to an activating group) is 1. The smallest absolute Gasteiger partial charge is 0.142 e. The van der Waals surface area contributed by atoms with E-state index in [4.69, 9.17) is 21.8 Å². The fourth-order valence-electron chi connectivity index (χ4n) is 4.22. The molecule has 0 saturated heterocycles. The summed E-state index contributed by atoms with van der Waals surface area (Å²) in [5.41, 5.74) is 2.43. The molecule has 35 heavy (non-hydrogen) atoms. The van der Waals surface area contributed by atoms with E-state index in [1.54, 1.807) is 6.20 Å². The molecule has 0 amide bonds. The maximum absolute atomic E-state index is 10.1. The van der Waals surface area contributed by atoms with Gasteiger partial charge in [0.2, 0.25) is 0 Å². The molecule has 1 aromatic heterocycles. The van der Waals surface area contributed by atoms with Crippen molar-refractivity contribution in [2.24, 2.45) is 5.16 Å². The molecule has 1 aliphatic carbocycles. The number of hydrogen-bond acceptors (Lipinski definition) is 7. The predicted octanol–water partition coefficient (Wildman–Crippen LogP) is 4.14. The van der Waals surface area contributed by atoms with Crippen LogP contribution in [0.2, 0.25) is 0 Å². The third kappa shape index (κ3) is 7.46. The molecule has 0 bridgehead atoms. The Labute approximate surface area is 214 Å². The van der Waals surface area contributed by atoms with E-state index in [0.29, 0.717) is 18.9 Å². The SMILES string of the molecule is CNC(=S)C1(c2cccnc2)CCCCC1=NOCc1ccc(OCC(O)CNC(C)(C)C)cc1. The van der Waals surface area contributed by atoms with E-state index in [-0.39, 0.29) is 12.1 Å². The van der Waals surface area contributed by atoms with E-state index in [0.717, 1.165) is 47.5 Å². The average molecular weight is 499 g/mol.